The van der Waals surface area contributed by atoms with Gasteiger partial charge in [0.25, 0.3) is 0 Å². The van der Waals surface area contributed by atoms with E-state index in [1.807, 2.05) is 24.3 Å². The summed E-state index contributed by atoms with van der Waals surface area (Å²) >= 11 is 0. The molecule has 1 atom stereocenters. The Kier molecular flexibility index (Phi) is 6.39. The lowest BCUT2D eigenvalue weighted by Crippen LogP contribution is -2.35. The molecule has 100 valence electrons. The largest absolute Gasteiger partial charge is 0.380 e. The molecule has 18 heavy (non-hydrogen) atoms. The number of carbonyl (C=O) groups is 1. The second kappa shape index (κ2) is 7.84. The molecule has 0 saturated heterocycles. The Morgan fingerprint density at radius 3 is 2.94 bits per heavy atom. The Hall–Kier alpha value is -1.39. The summed E-state index contributed by atoms with van der Waals surface area (Å²) in [5, 5.41) is 2.83. The Morgan fingerprint density at radius 1 is 1.50 bits per heavy atom. The topological polar surface area (TPSA) is 64.4 Å². The second-order valence-corrected chi connectivity index (χ2v) is 4.37. The summed E-state index contributed by atoms with van der Waals surface area (Å²) in [6.45, 7) is 2.62. The number of nitrogens with two attached hydrogens (primary N) is 1. The van der Waals surface area contributed by atoms with Gasteiger partial charge < -0.3 is 15.8 Å². The Morgan fingerprint density at radius 2 is 2.28 bits per heavy atom. The summed E-state index contributed by atoms with van der Waals surface area (Å²) in [5.74, 6) is -0.127. The van der Waals surface area contributed by atoms with Gasteiger partial charge in [0.05, 0.1) is 12.6 Å². The van der Waals surface area contributed by atoms with Crippen LogP contribution < -0.4 is 11.1 Å². The quantitative estimate of drug-likeness (QED) is 0.780. The Bertz CT molecular complexity index is 380. The van der Waals surface area contributed by atoms with Gasteiger partial charge in [-0.2, -0.15) is 0 Å². The molecule has 0 saturated carbocycles. The van der Waals surface area contributed by atoms with Gasteiger partial charge in [0, 0.05) is 12.8 Å². The number of carbonyl (C=O) groups excluding carboxylic acids is 1. The van der Waals surface area contributed by atoms with Gasteiger partial charge in [-0.3, -0.25) is 4.79 Å². The zero-order valence-electron chi connectivity index (χ0n) is 11.1. The lowest BCUT2D eigenvalue weighted by atomic mass is 10.1. The fraction of sp³-hybridized carbons (Fsp3) is 0.500. The van der Waals surface area contributed by atoms with Crippen molar-refractivity contribution in [3.8, 4) is 0 Å². The number of nitrogens with one attached hydrogen (secondary N) is 1. The zero-order chi connectivity index (χ0) is 13.4. The van der Waals surface area contributed by atoms with Crippen LogP contribution >= 0.6 is 0 Å². The lowest BCUT2D eigenvalue weighted by molar-refractivity contribution is -0.117. The minimum absolute atomic E-state index is 0.127. The molecular formula is C14H22N2O2. The van der Waals surface area contributed by atoms with E-state index in [-0.39, 0.29) is 5.91 Å². The van der Waals surface area contributed by atoms with E-state index in [2.05, 4.69) is 12.2 Å². The standard InChI is InChI=1S/C14H22N2O2/c1-3-4-8-13(15)14(17)16-12-7-5-6-11(9-12)10-18-2/h5-7,9,13H,3-4,8,10,15H2,1-2H3,(H,16,17). The number of unbranched alkanes of at least 4 members (excludes halogenated alkanes) is 1. The third kappa shape index (κ3) is 4.85. The first-order chi connectivity index (χ1) is 8.67. The third-order valence-electron chi connectivity index (χ3n) is 2.71. The number of methoxy groups -OCH3 is 1. The Balaban J connectivity index is 2.55. The van der Waals surface area contributed by atoms with Crippen LogP contribution in [0, 0.1) is 0 Å². The predicted molar refractivity (Wildman–Crippen MR) is 73.3 cm³/mol. The maximum absolute atomic E-state index is 11.8. The molecule has 1 amide bonds. The van der Waals surface area contributed by atoms with Crippen molar-refractivity contribution in [2.45, 2.75) is 38.8 Å². The highest BCUT2D eigenvalue weighted by Gasteiger charge is 2.12. The van der Waals surface area contributed by atoms with Crippen molar-refractivity contribution in [3.63, 3.8) is 0 Å². The maximum Gasteiger partial charge on any atom is 0.241 e. The predicted octanol–water partition coefficient (Wildman–Crippen LogP) is 2.29. The summed E-state index contributed by atoms with van der Waals surface area (Å²) < 4.78 is 5.05. The zero-order valence-corrected chi connectivity index (χ0v) is 11.1. The summed E-state index contributed by atoms with van der Waals surface area (Å²) in [4.78, 5) is 11.8. The number of hydrogen-bond donors (Lipinski definition) is 2. The summed E-state index contributed by atoms with van der Waals surface area (Å²) in [5.41, 5.74) is 7.60. The monoisotopic (exact) mass is 250 g/mol. The smallest absolute Gasteiger partial charge is 0.241 e. The van der Waals surface area contributed by atoms with Crippen molar-refractivity contribution < 1.29 is 9.53 Å². The number of ether oxygens (including phenoxy) is 1. The van der Waals surface area contributed by atoms with Crippen LogP contribution in [0.1, 0.15) is 31.7 Å². The molecule has 1 unspecified atom stereocenters. The summed E-state index contributed by atoms with van der Waals surface area (Å²) in [7, 11) is 1.64. The van der Waals surface area contributed by atoms with E-state index in [4.69, 9.17) is 10.5 Å². The van der Waals surface area contributed by atoms with Gasteiger partial charge >= 0.3 is 0 Å². The molecule has 4 heteroatoms. The minimum Gasteiger partial charge on any atom is -0.380 e. The molecular weight excluding hydrogens is 228 g/mol. The van der Waals surface area contributed by atoms with Crippen LogP contribution in [0.3, 0.4) is 0 Å². The van der Waals surface area contributed by atoms with Crippen molar-refractivity contribution in [3.05, 3.63) is 29.8 Å². The van der Waals surface area contributed by atoms with Crippen LogP contribution in [0.4, 0.5) is 5.69 Å². The number of amides is 1. The fourth-order valence-corrected chi connectivity index (χ4v) is 1.70. The van der Waals surface area contributed by atoms with E-state index in [1.54, 1.807) is 7.11 Å². The minimum atomic E-state index is -0.434. The molecule has 0 aromatic heterocycles. The van der Waals surface area contributed by atoms with E-state index in [1.165, 1.54) is 0 Å². The number of rotatable bonds is 7. The van der Waals surface area contributed by atoms with Gasteiger partial charge in [0.2, 0.25) is 5.91 Å². The molecule has 0 heterocycles. The van der Waals surface area contributed by atoms with Gasteiger partial charge in [-0.15, -0.1) is 0 Å². The Labute approximate surface area is 109 Å². The number of benzene rings is 1. The average molecular weight is 250 g/mol. The van der Waals surface area contributed by atoms with Crippen molar-refractivity contribution >= 4 is 11.6 Å². The first-order valence-electron chi connectivity index (χ1n) is 6.31. The molecule has 0 bridgehead atoms. The van der Waals surface area contributed by atoms with Crippen LogP contribution in [-0.4, -0.2) is 19.1 Å². The first-order valence-corrected chi connectivity index (χ1v) is 6.31. The molecule has 0 radical (unpaired) electrons. The van der Waals surface area contributed by atoms with Crippen molar-refractivity contribution in [2.24, 2.45) is 5.73 Å². The lowest BCUT2D eigenvalue weighted by Gasteiger charge is -2.12. The van der Waals surface area contributed by atoms with E-state index < -0.39 is 6.04 Å². The first kappa shape index (κ1) is 14.7. The molecule has 1 rings (SSSR count). The highest BCUT2D eigenvalue weighted by Crippen LogP contribution is 2.12. The summed E-state index contributed by atoms with van der Waals surface area (Å²) in [6, 6.07) is 7.16. The highest BCUT2D eigenvalue weighted by molar-refractivity contribution is 5.94. The molecule has 1 aromatic rings. The van der Waals surface area contributed by atoms with Crippen LogP contribution in [0.2, 0.25) is 0 Å². The molecule has 0 aliphatic rings. The molecule has 0 fully saturated rings. The van der Waals surface area contributed by atoms with Gasteiger partial charge in [0.1, 0.15) is 0 Å². The molecule has 0 spiro atoms. The van der Waals surface area contributed by atoms with Crippen LogP contribution in [0.5, 0.6) is 0 Å². The molecule has 0 aliphatic carbocycles. The fourth-order valence-electron chi connectivity index (χ4n) is 1.70. The normalized spacial score (nSPS) is 12.2. The number of anilines is 1. The molecule has 0 aliphatic heterocycles. The maximum atomic E-state index is 11.8. The third-order valence-corrected chi connectivity index (χ3v) is 2.71. The van der Waals surface area contributed by atoms with E-state index in [0.29, 0.717) is 6.61 Å². The van der Waals surface area contributed by atoms with Gasteiger partial charge in [-0.05, 0) is 24.1 Å². The molecule has 1 aromatic carbocycles. The van der Waals surface area contributed by atoms with Gasteiger partial charge in [-0.25, -0.2) is 0 Å². The second-order valence-electron chi connectivity index (χ2n) is 4.37. The summed E-state index contributed by atoms with van der Waals surface area (Å²) in [6.07, 6.45) is 2.74. The highest BCUT2D eigenvalue weighted by atomic mass is 16.5. The van der Waals surface area contributed by atoms with Crippen LogP contribution in [-0.2, 0) is 16.1 Å². The van der Waals surface area contributed by atoms with E-state index >= 15 is 0 Å². The number of hydrogen-bond acceptors (Lipinski definition) is 3. The van der Waals surface area contributed by atoms with Crippen molar-refractivity contribution in [1.82, 2.24) is 0 Å². The molecule has 3 N–H and O–H groups in total. The van der Waals surface area contributed by atoms with Crippen molar-refractivity contribution in [2.75, 3.05) is 12.4 Å². The van der Waals surface area contributed by atoms with Crippen LogP contribution in [0.25, 0.3) is 0 Å². The van der Waals surface area contributed by atoms with E-state index in [9.17, 15) is 4.79 Å². The van der Waals surface area contributed by atoms with E-state index in [0.717, 1.165) is 30.5 Å². The SMILES string of the molecule is CCCCC(N)C(=O)Nc1cccc(COC)c1. The molecule has 4 nitrogen and oxygen atoms in total. The van der Waals surface area contributed by atoms with Gasteiger partial charge in [-0.1, -0.05) is 31.9 Å². The van der Waals surface area contributed by atoms with Gasteiger partial charge in [0.15, 0.2) is 0 Å². The average Bonchev–Trinajstić information content (AvgIpc) is 2.36. The van der Waals surface area contributed by atoms with Crippen LogP contribution in [0.15, 0.2) is 24.3 Å². The van der Waals surface area contributed by atoms with Crippen molar-refractivity contribution in [1.29, 1.82) is 0 Å².